The molecule has 6 heteroatoms. The van der Waals surface area contributed by atoms with Crippen LogP contribution in [0.15, 0.2) is 12.3 Å². The zero-order valence-electron chi connectivity index (χ0n) is 12.7. The smallest absolute Gasteiger partial charge is 0.291 e. The van der Waals surface area contributed by atoms with Crippen LogP contribution in [0.4, 0.5) is 0 Å². The maximum atomic E-state index is 12.4. The number of nitrogens with zero attached hydrogens (tertiary/aromatic N) is 4. The van der Waals surface area contributed by atoms with Gasteiger partial charge >= 0.3 is 0 Å². The summed E-state index contributed by atoms with van der Waals surface area (Å²) in [7, 11) is 0. The molecule has 21 heavy (non-hydrogen) atoms. The van der Waals surface area contributed by atoms with E-state index in [2.05, 4.69) is 34.2 Å². The van der Waals surface area contributed by atoms with Crippen molar-refractivity contribution in [2.24, 2.45) is 11.8 Å². The lowest BCUT2D eigenvalue weighted by atomic mass is 9.78. The highest BCUT2D eigenvalue weighted by atomic mass is 16.2. The highest BCUT2D eigenvalue weighted by Crippen LogP contribution is 2.29. The predicted octanol–water partition coefficient (Wildman–Crippen LogP) is 1.99. The minimum Gasteiger partial charge on any atom is -0.346 e. The van der Waals surface area contributed by atoms with Gasteiger partial charge in [0, 0.05) is 17.9 Å². The summed E-state index contributed by atoms with van der Waals surface area (Å²) in [5.74, 6) is 1.58. The van der Waals surface area contributed by atoms with E-state index in [-0.39, 0.29) is 17.8 Å². The highest BCUT2D eigenvalue weighted by Gasteiger charge is 2.29. The van der Waals surface area contributed by atoms with E-state index in [1.165, 1.54) is 6.42 Å². The Morgan fingerprint density at radius 1 is 1.38 bits per heavy atom. The fourth-order valence-corrected chi connectivity index (χ4v) is 3.02. The highest BCUT2D eigenvalue weighted by molar-refractivity contribution is 5.91. The summed E-state index contributed by atoms with van der Waals surface area (Å²) >= 11 is 0. The molecule has 0 radical (unpaired) electrons. The third-order valence-corrected chi connectivity index (χ3v) is 4.66. The summed E-state index contributed by atoms with van der Waals surface area (Å²) in [6.07, 6.45) is 5.10. The average Bonchev–Trinajstić information content (AvgIpc) is 2.89. The van der Waals surface area contributed by atoms with Crippen LogP contribution in [0.3, 0.4) is 0 Å². The van der Waals surface area contributed by atoms with E-state index >= 15 is 0 Å². The van der Waals surface area contributed by atoms with E-state index in [0.29, 0.717) is 17.6 Å². The zero-order chi connectivity index (χ0) is 15.0. The van der Waals surface area contributed by atoms with Gasteiger partial charge in [0.1, 0.15) is 0 Å². The number of carbonyl (C=O) groups excluding carboxylic acids is 1. The molecule has 1 amide bonds. The Morgan fingerprint density at radius 2 is 2.19 bits per heavy atom. The van der Waals surface area contributed by atoms with Crippen LogP contribution in [0.25, 0.3) is 5.78 Å². The summed E-state index contributed by atoms with van der Waals surface area (Å²) in [5, 5.41) is 7.34. The summed E-state index contributed by atoms with van der Waals surface area (Å²) in [6.45, 7) is 6.37. The van der Waals surface area contributed by atoms with Crippen molar-refractivity contribution in [3.8, 4) is 0 Å². The molecule has 1 saturated carbocycles. The molecular weight excluding hydrogens is 266 g/mol. The molecule has 1 N–H and O–H groups in total. The van der Waals surface area contributed by atoms with E-state index in [4.69, 9.17) is 0 Å². The fourth-order valence-electron chi connectivity index (χ4n) is 3.02. The van der Waals surface area contributed by atoms with Crippen LogP contribution in [0.5, 0.6) is 0 Å². The van der Waals surface area contributed by atoms with Gasteiger partial charge in [-0.05, 0) is 31.2 Å². The molecule has 3 rings (SSSR count). The number of fused-ring (bicyclic) bond motifs is 1. The van der Waals surface area contributed by atoms with Gasteiger partial charge in [-0.3, -0.25) is 4.79 Å². The van der Waals surface area contributed by atoms with Crippen molar-refractivity contribution in [2.45, 2.75) is 46.1 Å². The lowest BCUT2D eigenvalue weighted by Gasteiger charge is -2.34. The van der Waals surface area contributed by atoms with E-state index in [0.717, 1.165) is 18.5 Å². The standard InChI is InChI=1S/C15H21N5O/c1-9-5-4-6-12(11(9)3)17-14(21)13-18-15-16-8-7-10(2)20(15)19-13/h7-9,11-12H,4-6H2,1-3H3,(H,17,21). The molecule has 112 valence electrons. The first-order chi connectivity index (χ1) is 10.1. The Morgan fingerprint density at radius 3 is 2.95 bits per heavy atom. The lowest BCUT2D eigenvalue weighted by molar-refractivity contribution is 0.0880. The van der Waals surface area contributed by atoms with E-state index in [1.807, 2.05) is 13.0 Å². The fraction of sp³-hybridized carbons (Fsp3) is 0.600. The number of aromatic nitrogens is 4. The number of hydrogen-bond acceptors (Lipinski definition) is 4. The van der Waals surface area contributed by atoms with Crippen molar-refractivity contribution in [1.82, 2.24) is 24.9 Å². The predicted molar refractivity (Wildman–Crippen MR) is 79.0 cm³/mol. The first-order valence-corrected chi connectivity index (χ1v) is 7.55. The first kappa shape index (κ1) is 14.0. The number of carbonyl (C=O) groups is 1. The number of rotatable bonds is 2. The van der Waals surface area contributed by atoms with E-state index in [9.17, 15) is 4.79 Å². The summed E-state index contributed by atoms with van der Waals surface area (Å²) in [4.78, 5) is 20.7. The molecule has 2 aromatic heterocycles. The second-order valence-corrected chi connectivity index (χ2v) is 6.08. The first-order valence-electron chi connectivity index (χ1n) is 7.55. The van der Waals surface area contributed by atoms with Crippen LogP contribution in [-0.4, -0.2) is 31.5 Å². The number of hydrogen-bond donors (Lipinski definition) is 1. The quantitative estimate of drug-likeness (QED) is 0.916. The van der Waals surface area contributed by atoms with Crippen LogP contribution in [-0.2, 0) is 0 Å². The van der Waals surface area contributed by atoms with Gasteiger partial charge in [-0.1, -0.05) is 26.7 Å². The molecule has 6 nitrogen and oxygen atoms in total. The normalized spacial score (nSPS) is 26.0. The van der Waals surface area contributed by atoms with Crippen LogP contribution in [0.2, 0.25) is 0 Å². The summed E-state index contributed by atoms with van der Waals surface area (Å²) in [5.41, 5.74) is 0.909. The van der Waals surface area contributed by atoms with E-state index < -0.39 is 0 Å². The van der Waals surface area contributed by atoms with Gasteiger partial charge in [0.25, 0.3) is 11.7 Å². The van der Waals surface area contributed by atoms with Crippen LogP contribution >= 0.6 is 0 Å². The number of nitrogens with one attached hydrogen (secondary N) is 1. The van der Waals surface area contributed by atoms with Gasteiger partial charge in [-0.2, -0.15) is 4.98 Å². The number of aryl methyl sites for hydroxylation is 1. The molecule has 2 heterocycles. The molecule has 0 spiro atoms. The minimum absolute atomic E-state index is 0.197. The Kier molecular flexibility index (Phi) is 3.61. The third kappa shape index (κ3) is 2.62. The monoisotopic (exact) mass is 287 g/mol. The van der Waals surface area contributed by atoms with Gasteiger partial charge in [0.2, 0.25) is 5.82 Å². The summed E-state index contributed by atoms with van der Waals surface area (Å²) in [6, 6.07) is 2.05. The Hall–Kier alpha value is -1.98. The maximum absolute atomic E-state index is 12.4. The largest absolute Gasteiger partial charge is 0.346 e. The molecule has 0 bridgehead atoms. The van der Waals surface area contributed by atoms with Crippen molar-refractivity contribution in [3.63, 3.8) is 0 Å². The molecule has 0 aliphatic heterocycles. The molecule has 1 aliphatic rings. The zero-order valence-corrected chi connectivity index (χ0v) is 12.7. The molecule has 3 unspecified atom stereocenters. The van der Waals surface area contributed by atoms with Gasteiger partial charge < -0.3 is 5.32 Å². The average molecular weight is 287 g/mol. The third-order valence-electron chi connectivity index (χ3n) is 4.66. The molecular formula is C15H21N5O. The maximum Gasteiger partial charge on any atom is 0.291 e. The molecule has 1 fully saturated rings. The Balaban J connectivity index is 1.79. The van der Waals surface area contributed by atoms with Gasteiger partial charge in [-0.15, -0.1) is 5.10 Å². The lowest BCUT2D eigenvalue weighted by Crippen LogP contribution is -2.44. The molecule has 0 saturated heterocycles. The Bertz CT molecular complexity index is 665. The SMILES string of the molecule is Cc1ccnc2nc(C(=O)NC3CCCC(C)C3C)nn12. The molecule has 0 aromatic carbocycles. The summed E-state index contributed by atoms with van der Waals surface area (Å²) < 4.78 is 1.60. The van der Waals surface area contributed by atoms with Crippen LogP contribution in [0.1, 0.15) is 49.4 Å². The van der Waals surface area contributed by atoms with Crippen molar-refractivity contribution >= 4 is 11.7 Å². The molecule has 1 aliphatic carbocycles. The van der Waals surface area contributed by atoms with Gasteiger partial charge in [0.05, 0.1) is 0 Å². The number of amides is 1. The second-order valence-electron chi connectivity index (χ2n) is 6.08. The van der Waals surface area contributed by atoms with Crippen molar-refractivity contribution in [3.05, 3.63) is 23.8 Å². The van der Waals surface area contributed by atoms with E-state index in [1.54, 1.807) is 10.7 Å². The van der Waals surface area contributed by atoms with Crippen molar-refractivity contribution in [2.75, 3.05) is 0 Å². The Labute approximate surface area is 124 Å². The second kappa shape index (κ2) is 5.42. The minimum atomic E-state index is -0.203. The van der Waals surface area contributed by atoms with Crippen LogP contribution < -0.4 is 5.32 Å². The van der Waals surface area contributed by atoms with Gasteiger partial charge in [0.15, 0.2) is 0 Å². The topological polar surface area (TPSA) is 72.2 Å². The molecule has 2 aromatic rings. The van der Waals surface area contributed by atoms with Crippen molar-refractivity contribution < 1.29 is 4.79 Å². The van der Waals surface area contributed by atoms with Gasteiger partial charge in [-0.25, -0.2) is 9.50 Å². The van der Waals surface area contributed by atoms with Crippen molar-refractivity contribution in [1.29, 1.82) is 0 Å². The van der Waals surface area contributed by atoms with Crippen LogP contribution in [0, 0.1) is 18.8 Å². The molecule has 3 atom stereocenters.